The zero-order valence-electron chi connectivity index (χ0n) is 20.4. The van der Waals surface area contributed by atoms with Crippen molar-refractivity contribution in [1.29, 1.82) is 0 Å². The van der Waals surface area contributed by atoms with E-state index in [1.807, 2.05) is 26.8 Å². The molecule has 2 N–H and O–H groups in total. The first-order valence-electron chi connectivity index (χ1n) is 11.4. The number of fused-ring (bicyclic) bond motifs is 1. The van der Waals surface area contributed by atoms with E-state index in [9.17, 15) is 14.4 Å². The van der Waals surface area contributed by atoms with E-state index in [1.165, 1.54) is 11.8 Å². The van der Waals surface area contributed by atoms with Crippen LogP contribution in [0, 0.1) is 0 Å². The number of nitrogens with one attached hydrogen (secondary N) is 2. The van der Waals surface area contributed by atoms with E-state index in [2.05, 4.69) is 15.8 Å². The number of ether oxygens (including phenoxy) is 1. The van der Waals surface area contributed by atoms with E-state index in [0.29, 0.717) is 26.6 Å². The summed E-state index contributed by atoms with van der Waals surface area (Å²) in [5.41, 5.74) is 2.50. The van der Waals surface area contributed by atoms with Crippen molar-refractivity contribution in [1.82, 2.24) is 15.2 Å². The highest BCUT2D eigenvalue weighted by Gasteiger charge is 2.16. The molecule has 37 heavy (non-hydrogen) atoms. The normalized spacial score (nSPS) is 11.2. The lowest BCUT2D eigenvalue weighted by Crippen LogP contribution is -2.42. The van der Waals surface area contributed by atoms with Crippen molar-refractivity contribution < 1.29 is 14.3 Å². The molecule has 0 aliphatic heterocycles. The van der Waals surface area contributed by atoms with Crippen LogP contribution in [-0.4, -0.2) is 27.4 Å². The average Bonchev–Trinajstić information content (AvgIpc) is 2.83. The van der Waals surface area contributed by atoms with Gasteiger partial charge in [0, 0.05) is 20.8 Å². The van der Waals surface area contributed by atoms with Crippen molar-refractivity contribution in [3.63, 3.8) is 0 Å². The Morgan fingerprint density at radius 1 is 0.973 bits per heavy atom. The number of aromatic nitrogens is 2. The summed E-state index contributed by atoms with van der Waals surface area (Å²) in [6.07, 6.45) is -0.479. The van der Waals surface area contributed by atoms with Gasteiger partial charge in [-0.15, -0.1) is 9.89 Å². The highest BCUT2D eigenvalue weighted by molar-refractivity contribution is 7.99. The summed E-state index contributed by atoms with van der Waals surface area (Å²) in [5.74, 6) is 0.00142. The number of nitrogens with zero attached hydrogens (tertiary/aromatic N) is 2. The molecule has 0 fully saturated rings. The van der Waals surface area contributed by atoms with Gasteiger partial charge in [-0.05, 0) is 68.8 Å². The van der Waals surface area contributed by atoms with Crippen LogP contribution in [-0.2, 0) is 11.2 Å². The number of amides is 2. The van der Waals surface area contributed by atoms with Crippen LogP contribution < -0.4 is 21.0 Å². The maximum Gasteiger partial charge on any atom is 0.413 e. The molecule has 0 saturated heterocycles. The largest absolute Gasteiger partial charge is 0.413 e. The molecule has 1 aromatic heterocycles. The number of halogens is 1. The molecule has 0 radical (unpaired) electrons. The minimum atomic E-state index is -0.540. The fourth-order valence-electron chi connectivity index (χ4n) is 3.38. The first-order chi connectivity index (χ1) is 17.6. The number of benzene rings is 3. The molecule has 190 valence electrons. The lowest BCUT2D eigenvalue weighted by molar-refractivity contribution is -0.116. The van der Waals surface area contributed by atoms with Crippen molar-refractivity contribution in [2.24, 2.45) is 0 Å². The van der Waals surface area contributed by atoms with Crippen molar-refractivity contribution in [3.05, 3.63) is 93.7 Å². The molecule has 0 saturated carbocycles. The Labute approximate surface area is 222 Å². The summed E-state index contributed by atoms with van der Waals surface area (Å²) < 4.78 is 5.32. The van der Waals surface area contributed by atoms with E-state index in [1.54, 1.807) is 66.7 Å². The second-order valence-electron chi connectivity index (χ2n) is 9.24. The molecule has 0 unspecified atom stereocenters. The topological polar surface area (TPSA) is 102 Å². The van der Waals surface area contributed by atoms with Gasteiger partial charge in [-0.1, -0.05) is 53.7 Å². The molecule has 3 aromatic carbocycles. The number of hydrogen-bond acceptors (Lipinski definition) is 6. The van der Waals surface area contributed by atoms with Gasteiger partial charge in [-0.3, -0.25) is 9.59 Å². The second-order valence-corrected chi connectivity index (χ2v) is 10.7. The van der Waals surface area contributed by atoms with Gasteiger partial charge in [0.05, 0.1) is 11.8 Å². The summed E-state index contributed by atoms with van der Waals surface area (Å²) in [7, 11) is 0. The first kappa shape index (κ1) is 26.2. The number of carbonyl (C=O) groups excluding carboxylic acids is 2. The highest BCUT2D eigenvalue weighted by Crippen LogP contribution is 2.31. The Morgan fingerprint density at radius 3 is 2.27 bits per heavy atom. The monoisotopic (exact) mass is 536 g/mol. The molecule has 0 bridgehead atoms. The zero-order chi connectivity index (χ0) is 26.6. The SMILES string of the molecule is CC(C)(C)NC(=O)Oc1ccc(Sc2nn(NC(=O)Cc3ccc(Cl)cc3)c(=O)c3ccccc23)cc1. The van der Waals surface area contributed by atoms with Crippen LogP contribution in [0.4, 0.5) is 4.79 Å². The Morgan fingerprint density at radius 2 is 1.62 bits per heavy atom. The van der Waals surface area contributed by atoms with E-state index < -0.39 is 23.1 Å². The van der Waals surface area contributed by atoms with E-state index in [-0.39, 0.29) is 6.42 Å². The summed E-state index contributed by atoms with van der Waals surface area (Å²) in [6, 6.07) is 20.9. The molecule has 0 aliphatic rings. The third-order valence-corrected chi connectivity index (χ3v) is 6.26. The van der Waals surface area contributed by atoms with Gasteiger partial charge in [0.2, 0.25) is 5.91 Å². The molecule has 8 nitrogen and oxygen atoms in total. The molecule has 1 heterocycles. The van der Waals surface area contributed by atoms with E-state index in [0.717, 1.165) is 15.2 Å². The molecule has 0 spiro atoms. The van der Waals surface area contributed by atoms with Gasteiger partial charge in [0.1, 0.15) is 10.8 Å². The highest BCUT2D eigenvalue weighted by atomic mass is 35.5. The van der Waals surface area contributed by atoms with Crippen molar-refractivity contribution in [2.75, 3.05) is 5.43 Å². The predicted molar refractivity (Wildman–Crippen MR) is 145 cm³/mol. The second kappa shape index (κ2) is 11.1. The molecular formula is C27H25ClN4O4S. The van der Waals surface area contributed by atoms with Crippen LogP contribution >= 0.6 is 23.4 Å². The number of carbonyl (C=O) groups is 2. The smallest absolute Gasteiger partial charge is 0.410 e. The van der Waals surface area contributed by atoms with Gasteiger partial charge < -0.3 is 10.1 Å². The third-order valence-electron chi connectivity index (χ3n) is 5.01. The van der Waals surface area contributed by atoms with Crippen molar-refractivity contribution >= 4 is 46.1 Å². The molecule has 10 heteroatoms. The molecule has 4 rings (SSSR count). The van der Waals surface area contributed by atoms with Gasteiger partial charge in [0.25, 0.3) is 5.56 Å². The zero-order valence-corrected chi connectivity index (χ0v) is 22.0. The average molecular weight is 537 g/mol. The summed E-state index contributed by atoms with van der Waals surface area (Å²) >= 11 is 7.23. The van der Waals surface area contributed by atoms with Gasteiger partial charge in [-0.2, -0.15) is 0 Å². The van der Waals surface area contributed by atoms with Gasteiger partial charge in [0.15, 0.2) is 0 Å². The fourth-order valence-corrected chi connectivity index (χ4v) is 4.41. The number of rotatable bonds is 6. The lowest BCUT2D eigenvalue weighted by atomic mass is 10.1. The summed E-state index contributed by atoms with van der Waals surface area (Å²) in [4.78, 5) is 39.4. The third kappa shape index (κ3) is 7.12. The molecule has 0 aliphatic carbocycles. The number of hydrogen-bond donors (Lipinski definition) is 2. The van der Waals surface area contributed by atoms with Crippen LogP contribution in [0.25, 0.3) is 10.8 Å². The summed E-state index contributed by atoms with van der Waals surface area (Å²) in [5, 5.41) is 9.34. The van der Waals surface area contributed by atoms with Crippen molar-refractivity contribution in [2.45, 2.75) is 42.7 Å². The Kier molecular flexibility index (Phi) is 7.85. The lowest BCUT2D eigenvalue weighted by Gasteiger charge is -2.19. The van der Waals surface area contributed by atoms with Crippen LogP contribution in [0.3, 0.4) is 0 Å². The maximum absolute atomic E-state index is 13.0. The van der Waals surface area contributed by atoms with E-state index in [4.69, 9.17) is 16.3 Å². The molecular weight excluding hydrogens is 512 g/mol. The fraction of sp³-hybridized carbons (Fsp3) is 0.185. The Bertz CT molecular complexity index is 1500. The Hall–Kier alpha value is -3.82. The molecule has 2 amide bonds. The van der Waals surface area contributed by atoms with Crippen LogP contribution in [0.1, 0.15) is 26.3 Å². The van der Waals surface area contributed by atoms with E-state index >= 15 is 0 Å². The van der Waals surface area contributed by atoms with Crippen LogP contribution in [0.15, 0.2) is 87.5 Å². The standard InChI is InChI=1S/C27H25ClN4O4S/c1-27(2,3)29-26(35)36-19-12-14-20(15-13-19)37-24-21-6-4-5-7-22(21)25(34)32(31-24)30-23(33)16-17-8-10-18(28)11-9-17/h4-15H,16H2,1-3H3,(H,29,35)(H,30,33). The Balaban J connectivity index is 1.55. The maximum atomic E-state index is 13.0. The quantitative estimate of drug-likeness (QED) is 0.342. The molecule has 0 atom stereocenters. The van der Waals surface area contributed by atoms with Crippen LogP contribution in [0.5, 0.6) is 5.75 Å². The van der Waals surface area contributed by atoms with Gasteiger partial charge >= 0.3 is 6.09 Å². The minimum absolute atomic E-state index is 0.0604. The minimum Gasteiger partial charge on any atom is -0.410 e. The predicted octanol–water partition coefficient (Wildman–Crippen LogP) is 5.40. The first-order valence-corrected chi connectivity index (χ1v) is 12.6. The van der Waals surface area contributed by atoms with Crippen LogP contribution in [0.2, 0.25) is 5.02 Å². The summed E-state index contributed by atoms with van der Waals surface area (Å²) in [6.45, 7) is 5.60. The van der Waals surface area contributed by atoms with Crippen molar-refractivity contribution in [3.8, 4) is 5.75 Å². The molecule has 4 aromatic rings. The van der Waals surface area contributed by atoms with Gasteiger partial charge in [-0.25, -0.2) is 10.2 Å².